The van der Waals surface area contributed by atoms with E-state index in [9.17, 15) is 9.59 Å². The zero-order chi connectivity index (χ0) is 27.6. The summed E-state index contributed by atoms with van der Waals surface area (Å²) >= 11 is 0. The standard InChI is InChI=1S/C31H40O6/c1-21(14-15-25-23(3)13-10-16-31(25,4)5)11-9-12-22(2)17-29(33)37-20-26(32)24-18-27(34-6)30(36-8)28(19-24)35-7/h9,11-12,14-15,17-19H,10,13,16,20H2,1-8H3. The molecule has 1 aliphatic rings. The molecule has 200 valence electrons. The minimum Gasteiger partial charge on any atom is -0.493 e. The van der Waals surface area contributed by atoms with Crippen LogP contribution < -0.4 is 14.2 Å². The van der Waals surface area contributed by atoms with Crippen LogP contribution >= 0.6 is 0 Å². The van der Waals surface area contributed by atoms with E-state index in [1.54, 1.807) is 6.92 Å². The number of benzene rings is 1. The van der Waals surface area contributed by atoms with Gasteiger partial charge in [0.25, 0.3) is 0 Å². The molecule has 0 fully saturated rings. The van der Waals surface area contributed by atoms with Gasteiger partial charge in [-0.15, -0.1) is 0 Å². The van der Waals surface area contributed by atoms with E-state index in [0.717, 1.165) is 5.57 Å². The van der Waals surface area contributed by atoms with Crippen molar-refractivity contribution in [3.05, 3.63) is 76.4 Å². The molecule has 0 bridgehead atoms. The molecule has 1 aromatic rings. The predicted molar refractivity (Wildman–Crippen MR) is 148 cm³/mol. The van der Waals surface area contributed by atoms with Gasteiger partial charge in [-0.25, -0.2) is 4.79 Å². The summed E-state index contributed by atoms with van der Waals surface area (Å²) in [6, 6.07) is 3.05. The van der Waals surface area contributed by atoms with Crippen molar-refractivity contribution in [3.63, 3.8) is 0 Å². The van der Waals surface area contributed by atoms with Crippen LogP contribution in [0.2, 0.25) is 0 Å². The van der Waals surface area contributed by atoms with Gasteiger partial charge < -0.3 is 18.9 Å². The zero-order valence-electron chi connectivity index (χ0n) is 23.4. The molecule has 0 aliphatic heterocycles. The maximum Gasteiger partial charge on any atom is 0.331 e. The molecule has 37 heavy (non-hydrogen) atoms. The number of Topliss-reactive ketones (excluding diaryl/α,β-unsaturated/α-hetero) is 1. The summed E-state index contributed by atoms with van der Waals surface area (Å²) in [4.78, 5) is 24.8. The van der Waals surface area contributed by atoms with Gasteiger partial charge >= 0.3 is 5.97 Å². The topological polar surface area (TPSA) is 71.1 Å². The van der Waals surface area contributed by atoms with Crippen molar-refractivity contribution in [2.24, 2.45) is 5.41 Å². The third-order valence-corrected chi connectivity index (χ3v) is 6.45. The van der Waals surface area contributed by atoms with Gasteiger partial charge in [0.05, 0.1) is 21.3 Å². The van der Waals surface area contributed by atoms with E-state index >= 15 is 0 Å². The van der Waals surface area contributed by atoms with E-state index < -0.39 is 12.6 Å². The number of ether oxygens (including phenoxy) is 4. The lowest BCUT2D eigenvalue weighted by molar-refractivity contribution is -0.136. The van der Waals surface area contributed by atoms with Crippen LogP contribution in [-0.4, -0.2) is 39.7 Å². The number of hydrogen-bond acceptors (Lipinski definition) is 6. The van der Waals surface area contributed by atoms with E-state index in [4.69, 9.17) is 18.9 Å². The fourth-order valence-electron chi connectivity index (χ4n) is 4.37. The first kappa shape index (κ1) is 29.7. The summed E-state index contributed by atoms with van der Waals surface area (Å²) < 4.78 is 21.0. The fraction of sp³-hybridized carbons (Fsp3) is 0.419. The Labute approximate surface area is 221 Å². The molecule has 0 aromatic heterocycles. The molecule has 6 heteroatoms. The normalized spacial score (nSPS) is 16.3. The molecule has 0 saturated heterocycles. The minimum absolute atomic E-state index is 0.210. The number of rotatable bonds is 11. The lowest BCUT2D eigenvalue weighted by Crippen LogP contribution is -2.19. The maximum atomic E-state index is 12.6. The second-order valence-corrected chi connectivity index (χ2v) is 9.87. The van der Waals surface area contributed by atoms with Crippen LogP contribution in [0.3, 0.4) is 0 Å². The fourth-order valence-corrected chi connectivity index (χ4v) is 4.37. The van der Waals surface area contributed by atoms with Gasteiger partial charge in [-0.1, -0.05) is 55.4 Å². The molecule has 2 rings (SSSR count). The first-order valence-corrected chi connectivity index (χ1v) is 12.4. The Hall–Kier alpha value is -3.54. The van der Waals surface area contributed by atoms with Gasteiger partial charge in [-0.2, -0.15) is 0 Å². The van der Waals surface area contributed by atoms with E-state index in [-0.39, 0.29) is 11.2 Å². The summed E-state index contributed by atoms with van der Waals surface area (Å²) in [6.45, 7) is 10.3. The lowest BCUT2D eigenvalue weighted by atomic mass is 9.72. The van der Waals surface area contributed by atoms with Crippen LogP contribution in [0.15, 0.2) is 70.9 Å². The van der Waals surface area contributed by atoms with Crippen LogP contribution in [0.4, 0.5) is 0 Å². The number of carbonyl (C=O) groups is 2. The Kier molecular flexibility index (Phi) is 11.0. The van der Waals surface area contributed by atoms with Gasteiger partial charge in [0.1, 0.15) is 0 Å². The Morgan fingerprint density at radius 2 is 1.62 bits per heavy atom. The average molecular weight is 509 g/mol. The monoisotopic (exact) mass is 508 g/mol. The molecular weight excluding hydrogens is 468 g/mol. The molecule has 0 heterocycles. The average Bonchev–Trinajstić information content (AvgIpc) is 2.85. The van der Waals surface area contributed by atoms with Crippen molar-refractivity contribution >= 4 is 11.8 Å². The Bertz CT molecular complexity index is 1120. The van der Waals surface area contributed by atoms with E-state index in [0.29, 0.717) is 28.4 Å². The summed E-state index contributed by atoms with van der Waals surface area (Å²) in [6.07, 6.45) is 15.1. The van der Waals surface area contributed by atoms with Gasteiger partial charge in [0, 0.05) is 11.6 Å². The lowest BCUT2D eigenvalue weighted by Gasteiger charge is -2.32. The van der Waals surface area contributed by atoms with E-state index in [2.05, 4.69) is 39.8 Å². The van der Waals surface area contributed by atoms with Gasteiger partial charge in [-0.3, -0.25) is 4.79 Å². The molecule has 0 saturated carbocycles. The van der Waals surface area contributed by atoms with Crippen molar-refractivity contribution < 1.29 is 28.5 Å². The maximum absolute atomic E-state index is 12.6. The summed E-state index contributed by atoms with van der Waals surface area (Å²) in [5, 5.41) is 0. The molecule has 0 N–H and O–H groups in total. The second kappa shape index (κ2) is 13.7. The summed E-state index contributed by atoms with van der Waals surface area (Å²) in [7, 11) is 4.42. The molecule has 0 spiro atoms. The van der Waals surface area contributed by atoms with Crippen molar-refractivity contribution in [1.29, 1.82) is 0 Å². The summed E-state index contributed by atoms with van der Waals surface area (Å²) in [5.74, 6) is 0.111. The number of carbonyl (C=O) groups excluding carboxylic acids is 2. The van der Waals surface area contributed by atoms with Crippen molar-refractivity contribution in [2.75, 3.05) is 27.9 Å². The number of hydrogen-bond donors (Lipinski definition) is 0. The zero-order valence-corrected chi connectivity index (χ0v) is 23.4. The Balaban J connectivity index is 1.97. The number of esters is 1. The number of allylic oxidation sites excluding steroid dienone is 9. The molecule has 0 unspecified atom stereocenters. The van der Waals surface area contributed by atoms with Gasteiger partial charge in [-0.05, 0) is 68.7 Å². The molecule has 6 nitrogen and oxygen atoms in total. The quantitative estimate of drug-likeness (QED) is 0.139. The molecule has 0 atom stereocenters. The van der Waals surface area contributed by atoms with Crippen LogP contribution in [0.25, 0.3) is 0 Å². The molecule has 0 radical (unpaired) electrons. The smallest absolute Gasteiger partial charge is 0.331 e. The van der Waals surface area contributed by atoms with Crippen LogP contribution in [0.1, 0.15) is 64.2 Å². The van der Waals surface area contributed by atoms with E-state index in [1.165, 1.54) is 69.9 Å². The van der Waals surface area contributed by atoms with Gasteiger partial charge in [0.15, 0.2) is 18.1 Å². The van der Waals surface area contributed by atoms with Crippen molar-refractivity contribution in [1.82, 2.24) is 0 Å². The molecule has 0 amide bonds. The van der Waals surface area contributed by atoms with Crippen LogP contribution in [0.5, 0.6) is 17.2 Å². The number of methoxy groups -OCH3 is 3. The molecule has 1 aromatic carbocycles. The molecule has 1 aliphatic carbocycles. The first-order chi connectivity index (χ1) is 17.5. The minimum atomic E-state index is -0.592. The van der Waals surface area contributed by atoms with Crippen molar-refractivity contribution in [3.8, 4) is 17.2 Å². The summed E-state index contributed by atoms with van der Waals surface area (Å²) in [5.41, 5.74) is 5.22. The van der Waals surface area contributed by atoms with Crippen molar-refractivity contribution in [2.45, 2.75) is 53.9 Å². The Morgan fingerprint density at radius 1 is 0.973 bits per heavy atom. The van der Waals surface area contributed by atoms with Crippen LogP contribution in [-0.2, 0) is 9.53 Å². The van der Waals surface area contributed by atoms with Crippen LogP contribution in [0, 0.1) is 5.41 Å². The number of ketones is 1. The largest absolute Gasteiger partial charge is 0.493 e. The third kappa shape index (κ3) is 8.52. The highest BCUT2D eigenvalue weighted by molar-refractivity contribution is 5.99. The first-order valence-electron chi connectivity index (χ1n) is 12.4. The second-order valence-electron chi connectivity index (χ2n) is 9.87. The molecular formula is C31H40O6. The van der Waals surface area contributed by atoms with E-state index in [1.807, 2.05) is 18.2 Å². The third-order valence-electron chi connectivity index (χ3n) is 6.45. The highest BCUT2D eigenvalue weighted by Gasteiger charge is 2.26. The van der Waals surface area contributed by atoms with Gasteiger partial charge in [0.2, 0.25) is 11.5 Å². The highest BCUT2D eigenvalue weighted by Crippen LogP contribution is 2.41. The Morgan fingerprint density at radius 3 is 2.19 bits per heavy atom. The SMILES string of the molecule is COc1cc(C(=O)COC(=O)C=C(C)C=CC=C(C)C=CC2=C(C)CCCC2(C)C)cc(OC)c1OC. The highest BCUT2D eigenvalue weighted by atomic mass is 16.5. The predicted octanol–water partition coefficient (Wildman–Crippen LogP) is 6.97.